The van der Waals surface area contributed by atoms with Crippen LogP contribution in [0.25, 0.3) is 11.2 Å². The van der Waals surface area contributed by atoms with Crippen LogP contribution in [0.1, 0.15) is 27.0 Å². The lowest BCUT2D eigenvalue weighted by Gasteiger charge is -2.23. The first-order valence-electron chi connectivity index (χ1n) is 8.24. The zero-order chi connectivity index (χ0) is 20.4. The zero-order valence-electron chi connectivity index (χ0n) is 15.2. The number of fused-ring (bicyclic) bond motifs is 1. The van der Waals surface area contributed by atoms with Crippen LogP contribution in [0.4, 0.5) is 4.39 Å². The molecular weight excluding hydrogens is 379 g/mol. The number of hydrogen-bond acceptors (Lipinski definition) is 10. The molecule has 0 unspecified atom stereocenters. The Morgan fingerprint density at radius 3 is 2.43 bits per heavy atom. The van der Waals surface area contributed by atoms with Gasteiger partial charge in [-0.25, -0.2) is 9.97 Å². The number of carbonyl (C=O) groups is 3. The lowest BCUT2D eigenvalue weighted by molar-refractivity contribution is -0.166. The lowest BCUT2D eigenvalue weighted by atomic mass is 10.1. The van der Waals surface area contributed by atoms with Crippen LogP contribution < -0.4 is 0 Å². The van der Waals surface area contributed by atoms with Crippen molar-refractivity contribution in [2.24, 2.45) is 0 Å². The molecule has 0 saturated carbocycles. The van der Waals surface area contributed by atoms with Crippen LogP contribution in [-0.2, 0) is 33.3 Å². The van der Waals surface area contributed by atoms with Gasteiger partial charge >= 0.3 is 24.0 Å². The molecule has 0 radical (unpaired) electrons. The van der Waals surface area contributed by atoms with E-state index in [1.807, 2.05) is 0 Å². The molecule has 1 fully saturated rings. The van der Waals surface area contributed by atoms with Gasteiger partial charge in [0.25, 0.3) is 0 Å². The largest absolute Gasteiger partial charge is 0.463 e. The normalized spacial score (nSPS) is 24.1. The van der Waals surface area contributed by atoms with E-state index in [0.717, 1.165) is 0 Å². The summed E-state index contributed by atoms with van der Waals surface area (Å²) in [4.78, 5) is 45.5. The Labute approximate surface area is 157 Å². The van der Waals surface area contributed by atoms with Gasteiger partial charge < -0.3 is 18.9 Å². The summed E-state index contributed by atoms with van der Waals surface area (Å²) in [5.74, 6) is -1.88. The molecule has 0 N–H and O–H groups in total. The number of ether oxygens (including phenoxy) is 4. The second kappa shape index (κ2) is 7.84. The molecule has 1 aliphatic rings. The molecule has 0 aromatic carbocycles. The zero-order valence-corrected chi connectivity index (χ0v) is 15.2. The van der Waals surface area contributed by atoms with Crippen molar-refractivity contribution in [2.45, 2.75) is 45.3 Å². The van der Waals surface area contributed by atoms with Gasteiger partial charge in [0.2, 0.25) is 0 Å². The Morgan fingerprint density at radius 1 is 1.11 bits per heavy atom. The number of aromatic nitrogens is 4. The Morgan fingerprint density at radius 2 is 1.79 bits per heavy atom. The maximum atomic E-state index is 13.5. The Hall–Kier alpha value is -3.15. The molecule has 12 heteroatoms. The van der Waals surface area contributed by atoms with Gasteiger partial charge in [-0.05, 0) is 0 Å². The summed E-state index contributed by atoms with van der Waals surface area (Å²) in [7, 11) is 0. The average Bonchev–Trinajstić information content (AvgIpc) is 3.14. The molecule has 2 aromatic rings. The quantitative estimate of drug-likeness (QED) is 0.394. The van der Waals surface area contributed by atoms with Crippen molar-refractivity contribution in [3.63, 3.8) is 0 Å². The standard InChI is InChI=1S/C16H17FN4O7/c1-7(22)25-5-11-12(26-8(2)23)13(27-9(3)24)15(28-11)21-6-19-10-4-18-16(17)20-14(10)21/h4,6,11-13,15H,5H2,1-3H3/t11-,12-,13-,15-/m1/s1. The Kier molecular flexibility index (Phi) is 5.49. The lowest BCUT2D eigenvalue weighted by Crippen LogP contribution is -2.40. The fraction of sp³-hybridized carbons (Fsp3) is 0.500. The van der Waals surface area contributed by atoms with Gasteiger partial charge in [-0.15, -0.1) is 0 Å². The van der Waals surface area contributed by atoms with Gasteiger partial charge in [0.1, 0.15) is 18.2 Å². The van der Waals surface area contributed by atoms with E-state index in [9.17, 15) is 18.8 Å². The summed E-state index contributed by atoms with van der Waals surface area (Å²) in [5, 5.41) is 0. The smallest absolute Gasteiger partial charge is 0.310 e. The SMILES string of the molecule is CC(=O)OC[C@H]1O[C@@H](n2cnc3cnc(F)nc32)[C@H](OC(C)=O)[C@@H]1OC(C)=O. The maximum absolute atomic E-state index is 13.5. The highest BCUT2D eigenvalue weighted by Gasteiger charge is 2.51. The minimum atomic E-state index is -1.11. The first-order chi connectivity index (χ1) is 13.3. The Balaban J connectivity index is 2.00. The molecule has 4 atom stereocenters. The molecule has 2 aromatic heterocycles. The summed E-state index contributed by atoms with van der Waals surface area (Å²) in [6, 6.07) is 0. The monoisotopic (exact) mass is 396 g/mol. The molecule has 3 heterocycles. The Bertz CT molecular complexity index is 918. The van der Waals surface area contributed by atoms with E-state index in [4.69, 9.17) is 18.9 Å². The number of rotatable bonds is 5. The van der Waals surface area contributed by atoms with Gasteiger partial charge in [0.15, 0.2) is 24.1 Å². The number of imidazole rings is 1. The number of esters is 3. The summed E-state index contributed by atoms with van der Waals surface area (Å²) in [6.45, 7) is 3.31. The van der Waals surface area contributed by atoms with Crippen molar-refractivity contribution < 1.29 is 37.7 Å². The molecule has 150 valence electrons. The fourth-order valence-electron chi connectivity index (χ4n) is 2.91. The molecule has 0 spiro atoms. The van der Waals surface area contributed by atoms with E-state index in [1.54, 1.807) is 0 Å². The maximum Gasteiger partial charge on any atom is 0.310 e. The summed E-state index contributed by atoms with van der Waals surface area (Å²) < 4.78 is 36.2. The van der Waals surface area contributed by atoms with Crippen LogP contribution in [0.3, 0.4) is 0 Å². The molecule has 0 amide bonds. The van der Waals surface area contributed by atoms with Gasteiger partial charge in [0, 0.05) is 20.8 Å². The number of nitrogens with zero attached hydrogens (tertiary/aromatic N) is 4. The number of halogens is 1. The summed E-state index contributed by atoms with van der Waals surface area (Å²) >= 11 is 0. The predicted molar refractivity (Wildman–Crippen MR) is 86.9 cm³/mol. The highest BCUT2D eigenvalue weighted by molar-refractivity contribution is 5.70. The average molecular weight is 396 g/mol. The van der Waals surface area contributed by atoms with Gasteiger partial charge in [-0.2, -0.15) is 9.37 Å². The van der Waals surface area contributed by atoms with E-state index < -0.39 is 48.5 Å². The highest BCUT2D eigenvalue weighted by atomic mass is 19.1. The number of hydrogen-bond donors (Lipinski definition) is 0. The highest BCUT2D eigenvalue weighted by Crippen LogP contribution is 2.35. The molecule has 1 saturated heterocycles. The van der Waals surface area contributed by atoms with Crippen LogP contribution in [0.2, 0.25) is 0 Å². The van der Waals surface area contributed by atoms with E-state index in [2.05, 4.69) is 15.0 Å². The molecule has 0 bridgehead atoms. The third kappa shape index (κ3) is 4.06. The van der Waals surface area contributed by atoms with Crippen LogP contribution >= 0.6 is 0 Å². The van der Waals surface area contributed by atoms with Crippen molar-refractivity contribution in [3.05, 3.63) is 18.6 Å². The molecule has 3 rings (SSSR count). The molecule has 11 nitrogen and oxygen atoms in total. The number of carbonyl (C=O) groups excluding carboxylic acids is 3. The summed E-state index contributed by atoms with van der Waals surface area (Å²) in [6.07, 6.45) is -2.68. The van der Waals surface area contributed by atoms with E-state index >= 15 is 0 Å². The first kappa shape index (κ1) is 19.6. The van der Waals surface area contributed by atoms with Crippen molar-refractivity contribution in [2.75, 3.05) is 6.61 Å². The van der Waals surface area contributed by atoms with Crippen LogP contribution in [0.5, 0.6) is 0 Å². The van der Waals surface area contributed by atoms with Crippen LogP contribution in [0.15, 0.2) is 12.5 Å². The topological polar surface area (TPSA) is 132 Å². The third-order valence-corrected chi connectivity index (χ3v) is 3.90. The van der Waals surface area contributed by atoms with Crippen molar-refractivity contribution >= 4 is 29.1 Å². The third-order valence-electron chi connectivity index (χ3n) is 3.90. The van der Waals surface area contributed by atoms with Gasteiger partial charge in [0.05, 0.1) is 12.5 Å². The van der Waals surface area contributed by atoms with Crippen molar-refractivity contribution in [1.29, 1.82) is 0 Å². The molecular formula is C16H17FN4O7. The van der Waals surface area contributed by atoms with E-state index in [-0.39, 0.29) is 17.8 Å². The fourth-order valence-corrected chi connectivity index (χ4v) is 2.91. The first-order valence-corrected chi connectivity index (χ1v) is 8.24. The van der Waals surface area contributed by atoms with E-state index in [1.165, 1.54) is 37.9 Å². The second-order valence-corrected chi connectivity index (χ2v) is 6.02. The predicted octanol–water partition coefficient (Wildman–Crippen LogP) is 0.289. The van der Waals surface area contributed by atoms with Crippen LogP contribution in [-0.4, -0.2) is 62.3 Å². The van der Waals surface area contributed by atoms with Crippen molar-refractivity contribution in [1.82, 2.24) is 19.5 Å². The van der Waals surface area contributed by atoms with Crippen molar-refractivity contribution in [3.8, 4) is 0 Å². The molecule has 28 heavy (non-hydrogen) atoms. The molecule has 1 aliphatic heterocycles. The summed E-state index contributed by atoms with van der Waals surface area (Å²) in [5.41, 5.74) is 0.364. The van der Waals surface area contributed by atoms with Gasteiger partial charge in [-0.3, -0.25) is 19.0 Å². The van der Waals surface area contributed by atoms with Crippen LogP contribution in [0, 0.1) is 6.08 Å². The van der Waals surface area contributed by atoms with E-state index in [0.29, 0.717) is 0 Å². The second-order valence-electron chi connectivity index (χ2n) is 6.02. The minimum Gasteiger partial charge on any atom is -0.463 e. The minimum absolute atomic E-state index is 0.0874. The molecule has 0 aliphatic carbocycles. The van der Waals surface area contributed by atoms with Gasteiger partial charge in [-0.1, -0.05) is 0 Å².